The monoisotopic (exact) mass is 260 g/mol. The Labute approximate surface area is 108 Å². The van der Waals surface area contributed by atoms with Crippen LogP contribution in [0.5, 0.6) is 0 Å². The lowest BCUT2D eigenvalue weighted by Crippen LogP contribution is -2.02. The molecule has 7 heteroatoms. The molecule has 0 aromatic carbocycles. The van der Waals surface area contributed by atoms with Gasteiger partial charge in [-0.2, -0.15) is 0 Å². The zero-order chi connectivity index (χ0) is 12.5. The predicted molar refractivity (Wildman–Crippen MR) is 66.2 cm³/mol. The number of hydrogen-bond acceptors (Lipinski definition) is 5. The van der Waals surface area contributed by atoms with Crippen molar-refractivity contribution in [2.24, 2.45) is 0 Å². The van der Waals surface area contributed by atoms with Gasteiger partial charge < -0.3 is 4.57 Å². The van der Waals surface area contributed by atoms with Gasteiger partial charge in [0.1, 0.15) is 11.8 Å². The van der Waals surface area contributed by atoms with Crippen molar-refractivity contribution in [1.29, 1.82) is 0 Å². The smallest absolute Gasteiger partial charge is 0.165 e. The fourth-order valence-electron chi connectivity index (χ4n) is 1.64. The van der Waals surface area contributed by atoms with Crippen LogP contribution >= 0.6 is 11.6 Å². The van der Waals surface area contributed by atoms with Crippen LogP contribution in [0.15, 0.2) is 25.0 Å². The van der Waals surface area contributed by atoms with Crippen molar-refractivity contribution in [3.63, 3.8) is 0 Å². The second-order valence-corrected chi connectivity index (χ2v) is 4.22. The zero-order valence-electron chi connectivity index (χ0n) is 9.58. The van der Waals surface area contributed by atoms with Crippen LogP contribution in [-0.2, 0) is 6.54 Å². The molecule has 0 unspecified atom stereocenters. The minimum Gasteiger partial charge on any atom is -0.309 e. The number of halogens is 1. The minimum atomic E-state index is 0.355. The molecule has 6 nitrogen and oxygen atoms in total. The summed E-state index contributed by atoms with van der Waals surface area (Å²) < 4.78 is 1.86. The highest BCUT2D eigenvalue weighted by molar-refractivity contribution is 6.33. The van der Waals surface area contributed by atoms with Gasteiger partial charge in [0.15, 0.2) is 10.8 Å². The number of aromatic nitrogens is 6. The van der Waals surface area contributed by atoms with E-state index in [1.54, 1.807) is 18.7 Å². The van der Waals surface area contributed by atoms with E-state index < -0.39 is 0 Å². The summed E-state index contributed by atoms with van der Waals surface area (Å²) in [6, 6.07) is 0. The maximum atomic E-state index is 5.94. The van der Waals surface area contributed by atoms with Crippen LogP contribution in [-0.4, -0.2) is 29.5 Å². The lowest BCUT2D eigenvalue weighted by atomic mass is 10.4. The molecule has 0 fully saturated rings. The van der Waals surface area contributed by atoms with Crippen molar-refractivity contribution in [3.8, 4) is 0 Å². The molecule has 0 bridgehead atoms. The first-order valence-electron chi connectivity index (χ1n) is 5.33. The number of hydrogen-bond donors (Lipinski definition) is 0. The van der Waals surface area contributed by atoms with Crippen LogP contribution in [0.3, 0.4) is 0 Å². The van der Waals surface area contributed by atoms with E-state index in [0.717, 1.165) is 11.4 Å². The number of aryl methyl sites for hydroxylation is 1. The molecule has 3 heterocycles. The van der Waals surface area contributed by atoms with Crippen molar-refractivity contribution in [1.82, 2.24) is 29.5 Å². The average molecular weight is 261 g/mol. The van der Waals surface area contributed by atoms with Gasteiger partial charge in [0.2, 0.25) is 0 Å². The van der Waals surface area contributed by atoms with Crippen molar-refractivity contribution in [3.05, 3.63) is 41.6 Å². The van der Waals surface area contributed by atoms with Gasteiger partial charge in [0.05, 0.1) is 30.5 Å². The van der Waals surface area contributed by atoms with E-state index in [1.807, 2.05) is 11.5 Å². The zero-order valence-corrected chi connectivity index (χ0v) is 10.3. The van der Waals surface area contributed by atoms with Crippen LogP contribution < -0.4 is 0 Å². The molecule has 0 amide bonds. The molecule has 0 saturated carbocycles. The highest BCUT2D eigenvalue weighted by atomic mass is 35.5. The highest BCUT2D eigenvalue weighted by Gasteiger charge is 2.08. The number of nitrogens with zero attached hydrogens (tertiary/aromatic N) is 6. The maximum Gasteiger partial charge on any atom is 0.165 e. The van der Waals surface area contributed by atoms with Crippen molar-refractivity contribution in [2.75, 3.05) is 0 Å². The van der Waals surface area contributed by atoms with Crippen molar-refractivity contribution < 1.29 is 0 Å². The van der Waals surface area contributed by atoms with E-state index in [2.05, 4.69) is 24.9 Å². The van der Waals surface area contributed by atoms with Gasteiger partial charge in [0.25, 0.3) is 0 Å². The lowest BCUT2D eigenvalue weighted by Gasteiger charge is -2.02. The molecule has 0 saturated heterocycles. The number of fused-ring (bicyclic) bond motifs is 1. The standard InChI is InChI=1S/C11H9ClN6/c1-7-2-14-8(3-13-7)4-18-6-17-9-10(12)15-5-16-11(9)18/h2-3,5-6H,4H2,1H3. The Hall–Kier alpha value is -2.08. The van der Waals surface area contributed by atoms with E-state index in [4.69, 9.17) is 11.6 Å². The molecule has 3 rings (SSSR count). The summed E-state index contributed by atoms with van der Waals surface area (Å²) in [7, 11) is 0. The number of rotatable bonds is 2. The fourth-order valence-corrected chi connectivity index (χ4v) is 1.82. The molecular formula is C11H9ClN6. The maximum absolute atomic E-state index is 5.94. The molecule has 0 aliphatic heterocycles. The minimum absolute atomic E-state index is 0.355. The summed E-state index contributed by atoms with van der Waals surface area (Å²) in [5, 5.41) is 0.355. The normalized spacial score (nSPS) is 11.0. The molecule has 3 aromatic heterocycles. The largest absolute Gasteiger partial charge is 0.309 e. The topological polar surface area (TPSA) is 69.4 Å². The second-order valence-electron chi connectivity index (χ2n) is 3.86. The average Bonchev–Trinajstić information content (AvgIpc) is 2.77. The summed E-state index contributed by atoms with van der Waals surface area (Å²) in [6.07, 6.45) is 6.57. The second kappa shape index (κ2) is 4.30. The van der Waals surface area contributed by atoms with Crippen LogP contribution in [0.4, 0.5) is 0 Å². The van der Waals surface area contributed by atoms with Crippen LogP contribution in [0, 0.1) is 6.92 Å². The van der Waals surface area contributed by atoms with Crippen LogP contribution in [0.1, 0.15) is 11.4 Å². The van der Waals surface area contributed by atoms with E-state index in [0.29, 0.717) is 22.9 Å². The van der Waals surface area contributed by atoms with Gasteiger partial charge in [-0.3, -0.25) is 9.97 Å². The molecule has 0 aliphatic carbocycles. The quantitative estimate of drug-likeness (QED) is 0.655. The Morgan fingerprint density at radius 1 is 1.11 bits per heavy atom. The lowest BCUT2D eigenvalue weighted by molar-refractivity contribution is 0.778. The molecule has 0 N–H and O–H groups in total. The van der Waals surface area contributed by atoms with Gasteiger partial charge >= 0.3 is 0 Å². The predicted octanol–water partition coefficient (Wildman–Crippen LogP) is 1.63. The van der Waals surface area contributed by atoms with E-state index in [-0.39, 0.29) is 0 Å². The van der Waals surface area contributed by atoms with Crippen LogP contribution in [0.25, 0.3) is 11.2 Å². The summed E-state index contributed by atoms with van der Waals surface area (Å²) in [4.78, 5) is 20.7. The SMILES string of the molecule is Cc1cnc(Cn2cnc3c(Cl)ncnc32)cn1. The van der Waals surface area contributed by atoms with Crippen LogP contribution in [0.2, 0.25) is 5.15 Å². The van der Waals surface area contributed by atoms with E-state index in [1.165, 1.54) is 6.33 Å². The van der Waals surface area contributed by atoms with Gasteiger partial charge in [-0.1, -0.05) is 11.6 Å². The number of imidazole rings is 1. The third kappa shape index (κ3) is 1.91. The van der Waals surface area contributed by atoms with Crippen molar-refractivity contribution in [2.45, 2.75) is 13.5 Å². The summed E-state index contributed by atoms with van der Waals surface area (Å²) in [5.41, 5.74) is 3.02. The first-order chi connectivity index (χ1) is 8.74. The first-order valence-corrected chi connectivity index (χ1v) is 5.70. The van der Waals surface area contributed by atoms with E-state index in [9.17, 15) is 0 Å². The summed E-state index contributed by atoms with van der Waals surface area (Å²) in [6.45, 7) is 2.45. The summed E-state index contributed by atoms with van der Waals surface area (Å²) >= 11 is 5.94. The molecule has 90 valence electrons. The van der Waals surface area contributed by atoms with Gasteiger partial charge in [-0.25, -0.2) is 15.0 Å². The fraction of sp³-hybridized carbons (Fsp3) is 0.182. The molecule has 0 aliphatic rings. The summed E-state index contributed by atoms with van der Waals surface area (Å²) in [5.74, 6) is 0. The Morgan fingerprint density at radius 2 is 2.00 bits per heavy atom. The van der Waals surface area contributed by atoms with Gasteiger partial charge in [-0.15, -0.1) is 0 Å². The first kappa shape index (κ1) is 11.0. The Balaban J connectivity index is 2.00. The third-order valence-corrected chi connectivity index (χ3v) is 2.80. The van der Waals surface area contributed by atoms with Gasteiger partial charge in [-0.05, 0) is 6.92 Å². The molecular weight excluding hydrogens is 252 g/mol. The molecule has 18 heavy (non-hydrogen) atoms. The van der Waals surface area contributed by atoms with Gasteiger partial charge in [0, 0.05) is 6.20 Å². The van der Waals surface area contributed by atoms with Crippen molar-refractivity contribution >= 4 is 22.8 Å². The molecule has 0 spiro atoms. The Bertz CT molecular complexity index is 690. The molecule has 3 aromatic rings. The van der Waals surface area contributed by atoms with E-state index >= 15 is 0 Å². The Kier molecular flexibility index (Phi) is 2.64. The highest BCUT2D eigenvalue weighted by Crippen LogP contribution is 2.17. The molecule has 0 atom stereocenters. The third-order valence-electron chi connectivity index (χ3n) is 2.52. The molecule has 0 radical (unpaired) electrons. The Morgan fingerprint density at radius 3 is 2.78 bits per heavy atom.